The van der Waals surface area contributed by atoms with Crippen LogP contribution in [0.1, 0.15) is 92.4 Å². The van der Waals surface area contributed by atoms with Crippen molar-refractivity contribution in [3.05, 3.63) is 53.1 Å². The maximum Gasteiger partial charge on any atom is 0.310 e. The molecule has 1 unspecified atom stereocenters. The van der Waals surface area contributed by atoms with Crippen LogP contribution < -0.4 is 0 Å². The van der Waals surface area contributed by atoms with Gasteiger partial charge in [0, 0.05) is 35.8 Å². The van der Waals surface area contributed by atoms with Gasteiger partial charge in [0.1, 0.15) is 11.5 Å². The van der Waals surface area contributed by atoms with Crippen LogP contribution in [0, 0.1) is 5.82 Å². The summed E-state index contributed by atoms with van der Waals surface area (Å²) in [5.41, 5.74) is 3.01. The van der Waals surface area contributed by atoms with Crippen LogP contribution in [-0.4, -0.2) is 49.1 Å². The van der Waals surface area contributed by atoms with Crippen LogP contribution in [0.15, 0.2) is 30.3 Å². The van der Waals surface area contributed by atoms with Crippen molar-refractivity contribution in [3.63, 3.8) is 0 Å². The molecule has 3 aromatic rings. The number of hydrogen-bond acceptors (Lipinski definition) is 4. The topological polar surface area (TPSA) is 87.8 Å². The van der Waals surface area contributed by atoms with Crippen molar-refractivity contribution in [2.75, 3.05) is 6.54 Å². The first kappa shape index (κ1) is 23.5. The largest absolute Gasteiger partial charge is 0.481 e. The third-order valence-electron chi connectivity index (χ3n) is 7.36. The van der Waals surface area contributed by atoms with Crippen LogP contribution >= 0.6 is 0 Å². The molecule has 0 bridgehead atoms. The molecule has 1 saturated heterocycles. The van der Waals surface area contributed by atoms with Crippen LogP contribution in [0.3, 0.4) is 0 Å². The number of likely N-dealkylation sites (tertiary alicyclic amines) is 1. The highest BCUT2D eigenvalue weighted by atomic mass is 19.1. The molecule has 1 aliphatic carbocycles. The van der Waals surface area contributed by atoms with Gasteiger partial charge in [-0.2, -0.15) is 5.10 Å². The van der Waals surface area contributed by atoms with E-state index in [4.69, 9.17) is 0 Å². The first-order valence-electron chi connectivity index (χ1n) is 12.6. The third kappa shape index (κ3) is 4.54. The Kier molecular flexibility index (Phi) is 6.30. The van der Waals surface area contributed by atoms with Gasteiger partial charge in [0.15, 0.2) is 5.65 Å². The molecule has 5 rings (SSSR count). The van der Waals surface area contributed by atoms with E-state index in [2.05, 4.69) is 17.0 Å². The molecule has 184 valence electrons. The lowest BCUT2D eigenvalue weighted by atomic mass is 9.95. The molecule has 1 aliphatic heterocycles. The number of amides is 1. The Morgan fingerprint density at radius 2 is 1.94 bits per heavy atom. The minimum atomic E-state index is -0.971. The highest BCUT2D eigenvalue weighted by Gasteiger charge is 2.31. The fourth-order valence-electron chi connectivity index (χ4n) is 5.14. The molecule has 35 heavy (non-hydrogen) atoms. The van der Waals surface area contributed by atoms with Gasteiger partial charge in [0.2, 0.25) is 0 Å². The quantitative estimate of drug-likeness (QED) is 0.513. The molecular formula is C27H31FN4O3. The summed E-state index contributed by atoms with van der Waals surface area (Å²) in [5, 5.41) is 14.1. The van der Waals surface area contributed by atoms with E-state index in [1.54, 1.807) is 29.6 Å². The number of hydrogen-bond donors (Lipinski definition) is 1. The zero-order chi connectivity index (χ0) is 24.7. The van der Waals surface area contributed by atoms with Crippen LogP contribution in [0.5, 0.6) is 0 Å². The van der Waals surface area contributed by atoms with Gasteiger partial charge in [-0.05, 0) is 62.8 Å². The number of carbonyl (C=O) groups is 2. The average molecular weight is 479 g/mol. The van der Waals surface area contributed by atoms with Crippen molar-refractivity contribution in [1.29, 1.82) is 0 Å². The summed E-state index contributed by atoms with van der Waals surface area (Å²) in [5.74, 6) is -1.98. The summed E-state index contributed by atoms with van der Waals surface area (Å²) in [7, 11) is 0. The third-order valence-corrected chi connectivity index (χ3v) is 7.36. The second-order valence-corrected chi connectivity index (χ2v) is 9.88. The SMILES string of the molecule is CCC(C(=O)O)c1ccc(-c2cc3nc(C(=O)N4CCCCC[C@H]4C)cc(C4CC4)n3n2)c(F)c1. The highest BCUT2D eigenvalue weighted by Crippen LogP contribution is 2.41. The predicted molar refractivity (Wildman–Crippen MR) is 130 cm³/mol. The molecule has 1 amide bonds. The van der Waals surface area contributed by atoms with Crippen LogP contribution in [-0.2, 0) is 4.79 Å². The number of benzene rings is 1. The van der Waals surface area contributed by atoms with Crippen molar-refractivity contribution < 1.29 is 19.1 Å². The number of nitrogens with zero attached hydrogens (tertiary/aromatic N) is 4. The number of aliphatic carboxylic acids is 1. The minimum Gasteiger partial charge on any atom is -0.481 e. The molecule has 2 atom stereocenters. The molecule has 0 radical (unpaired) electrons. The van der Waals surface area contributed by atoms with E-state index in [9.17, 15) is 14.7 Å². The highest BCUT2D eigenvalue weighted by molar-refractivity contribution is 5.93. The van der Waals surface area contributed by atoms with E-state index in [0.717, 1.165) is 50.8 Å². The maximum absolute atomic E-state index is 15.1. The summed E-state index contributed by atoms with van der Waals surface area (Å²) in [6, 6.07) is 8.26. The van der Waals surface area contributed by atoms with Gasteiger partial charge in [0.05, 0.1) is 11.6 Å². The molecule has 2 aromatic heterocycles. The van der Waals surface area contributed by atoms with Crippen molar-refractivity contribution in [2.24, 2.45) is 0 Å². The Bertz CT molecular complexity index is 1280. The number of aromatic nitrogens is 3. The minimum absolute atomic E-state index is 0.0543. The van der Waals surface area contributed by atoms with Gasteiger partial charge in [-0.3, -0.25) is 9.59 Å². The van der Waals surface area contributed by atoms with Crippen LogP contribution in [0.4, 0.5) is 4.39 Å². The number of fused-ring (bicyclic) bond motifs is 1. The number of carboxylic acid groups (broad SMARTS) is 1. The molecule has 1 saturated carbocycles. The number of carbonyl (C=O) groups excluding carboxylic acids is 1. The molecule has 7 nitrogen and oxygen atoms in total. The molecule has 0 spiro atoms. The van der Waals surface area contributed by atoms with Gasteiger partial charge < -0.3 is 10.0 Å². The molecule has 8 heteroatoms. The molecule has 1 aromatic carbocycles. The molecule has 2 fully saturated rings. The first-order valence-corrected chi connectivity index (χ1v) is 12.6. The summed E-state index contributed by atoms with van der Waals surface area (Å²) in [6.07, 6.45) is 6.69. The lowest BCUT2D eigenvalue weighted by molar-refractivity contribution is -0.138. The fourth-order valence-corrected chi connectivity index (χ4v) is 5.14. The molecule has 3 heterocycles. The Balaban J connectivity index is 1.53. The lowest BCUT2D eigenvalue weighted by Gasteiger charge is -2.27. The summed E-state index contributed by atoms with van der Waals surface area (Å²) in [4.78, 5) is 31.5. The van der Waals surface area contributed by atoms with Crippen molar-refractivity contribution in [3.8, 4) is 11.3 Å². The Hall–Kier alpha value is -3.29. The monoisotopic (exact) mass is 478 g/mol. The van der Waals surface area contributed by atoms with Crippen molar-refractivity contribution in [1.82, 2.24) is 19.5 Å². The second-order valence-electron chi connectivity index (χ2n) is 9.88. The smallest absolute Gasteiger partial charge is 0.310 e. The summed E-state index contributed by atoms with van der Waals surface area (Å²) < 4.78 is 16.8. The predicted octanol–water partition coefficient (Wildman–Crippen LogP) is 5.40. The molecular weight excluding hydrogens is 447 g/mol. The first-order chi connectivity index (χ1) is 16.9. The van der Waals surface area contributed by atoms with Gasteiger partial charge in [-0.25, -0.2) is 13.9 Å². The van der Waals surface area contributed by atoms with E-state index < -0.39 is 17.7 Å². The van der Waals surface area contributed by atoms with Gasteiger partial charge in [0.25, 0.3) is 5.91 Å². The van der Waals surface area contributed by atoms with Crippen LogP contribution in [0.2, 0.25) is 0 Å². The Morgan fingerprint density at radius 1 is 1.14 bits per heavy atom. The number of halogens is 1. The Labute approximate surface area is 204 Å². The lowest BCUT2D eigenvalue weighted by Crippen LogP contribution is -2.38. The van der Waals surface area contributed by atoms with Gasteiger partial charge >= 0.3 is 5.97 Å². The molecule has 1 N–H and O–H groups in total. The fraction of sp³-hybridized carbons (Fsp3) is 0.481. The van der Waals surface area contributed by atoms with Gasteiger partial charge in [-0.1, -0.05) is 25.8 Å². The normalized spacial score (nSPS) is 19.5. The zero-order valence-corrected chi connectivity index (χ0v) is 20.2. The van der Waals surface area contributed by atoms with E-state index in [1.807, 2.05) is 11.0 Å². The van der Waals surface area contributed by atoms with E-state index in [-0.39, 0.29) is 17.5 Å². The second kappa shape index (κ2) is 9.40. The standard InChI is InChI=1S/C27H31FN4O3/c1-3-19(27(34)35)18-10-11-20(21(28)13-18)22-15-25-29-23(14-24(17-8-9-17)32(25)30-22)26(33)31-12-6-4-5-7-16(31)2/h10-11,13-17,19H,3-9,12H2,1-2H3,(H,34,35)/t16-,19?/m1/s1. The molecule has 2 aliphatic rings. The summed E-state index contributed by atoms with van der Waals surface area (Å²) >= 11 is 0. The number of carboxylic acids is 1. The van der Waals surface area contributed by atoms with E-state index >= 15 is 4.39 Å². The zero-order valence-electron chi connectivity index (χ0n) is 20.2. The Morgan fingerprint density at radius 3 is 2.63 bits per heavy atom. The number of rotatable bonds is 6. The van der Waals surface area contributed by atoms with E-state index in [1.165, 1.54) is 6.07 Å². The van der Waals surface area contributed by atoms with Crippen LogP contribution in [0.25, 0.3) is 16.9 Å². The van der Waals surface area contributed by atoms with Crippen molar-refractivity contribution in [2.45, 2.75) is 76.7 Å². The maximum atomic E-state index is 15.1. The average Bonchev–Trinajstić information content (AvgIpc) is 3.62. The van der Waals surface area contributed by atoms with E-state index in [0.29, 0.717) is 34.9 Å². The summed E-state index contributed by atoms with van der Waals surface area (Å²) in [6.45, 7) is 4.60. The van der Waals surface area contributed by atoms with Crippen molar-refractivity contribution >= 4 is 17.5 Å². The van der Waals surface area contributed by atoms with Gasteiger partial charge in [-0.15, -0.1) is 0 Å².